The van der Waals surface area contributed by atoms with Crippen LogP contribution in [0.3, 0.4) is 0 Å². The normalized spacial score (nSPS) is 12.2. The van der Waals surface area contributed by atoms with Gasteiger partial charge in [-0.25, -0.2) is 0 Å². The van der Waals surface area contributed by atoms with Crippen molar-refractivity contribution in [1.29, 1.82) is 0 Å². The first-order valence-corrected chi connectivity index (χ1v) is 4.41. The van der Waals surface area contributed by atoms with Gasteiger partial charge in [0, 0.05) is 0 Å². The number of allylic oxidation sites excluding steroid dienone is 6. The monoisotopic (exact) mass is 163 g/mol. The van der Waals surface area contributed by atoms with Crippen LogP contribution in [-0.4, -0.2) is 0 Å². The minimum atomic E-state index is 1.15. The maximum atomic E-state index is 3.63. The maximum absolute atomic E-state index is 3.63. The third kappa shape index (κ3) is 7.33. The van der Waals surface area contributed by atoms with E-state index in [1.165, 1.54) is 11.1 Å². The molecular formula is C12H19. The highest BCUT2D eigenvalue weighted by Crippen LogP contribution is 2.06. The van der Waals surface area contributed by atoms with Gasteiger partial charge in [0.2, 0.25) is 0 Å². The largest absolute Gasteiger partial charge is 0.0856 e. The summed E-state index contributed by atoms with van der Waals surface area (Å²) in [6.07, 6.45) is 10.5. The molecule has 0 aromatic rings. The van der Waals surface area contributed by atoms with Crippen LogP contribution in [0.4, 0.5) is 0 Å². The van der Waals surface area contributed by atoms with Gasteiger partial charge in [0.25, 0.3) is 0 Å². The van der Waals surface area contributed by atoms with Gasteiger partial charge in [-0.2, -0.15) is 0 Å². The van der Waals surface area contributed by atoms with Crippen molar-refractivity contribution in [2.75, 3.05) is 0 Å². The molecule has 0 fully saturated rings. The smallest absolute Gasteiger partial charge is 0.0285 e. The minimum absolute atomic E-state index is 1.15. The Morgan fingerprint density at radius 1 is 1.25 bits per heavy atom. The van der Waals surface area contributed by atoms with Crippen LogP contribution < -0.4 is 0 Å². The van der Waals surface area contributed by atoms with E-state index < -0.39 is 0 Å². The van der Waals surface area contributed by atoms with Crippen molar-refractivity contribution < 1.29 is 0 Å². The minimum Gasteiger partial charge on any atom is -0.0856 e. The van der Waals surface area contributed by atoms with E-state index in [1.807, 2.05) is 12.2 Å². The van der Waals surface area contributed by atoms with Gasteiger partial charge in [-0.1, -0.05) is 35.5 Å². The van der Waals surface area contributed by atoms with Gasteiger partial charge < -0.3 is 0 Å². The molecule has 0 aliphatic carbocycles. The fraction of sp³-hybridized carbons (Fsp3) is 0.417. The van der Waals surface area contributed by atoms with E-state index in [2.05, 4.69) is 39.8 Å². The van der Waals surface area contributed by atoms with Crippen LogP contribution in [0.1, 0.15) is 33.6 Å². The third-order valence-corrected chi connectivity index (χ3v) is 1.61. The van der Waals surface area contributed by atoms with Crippen molar-refractivity contribution >= 4 is 0 Å². The fourth-order valence-electron chi connectivity index (χ4n) is 0.904. The van der Waals surface area contributed by atoms with Crippen LogP contribution >= 0.6 is 0 Å². The Morgan fingerprint density at radius 3 is 2.42 bits per heavy atom. The SMILES string of the molecule is [CH2]/C=C/C=C(\C)CCC=C(C)C. The molecule has 1 radical (unpaired) electrons. The van der Waals surface area contributed by atoms with Crippen molar-refractivity contribution in [3.63, 3.8) is 0 Å². The molecule has 0 aliphatic rings. The highest BCUT2D eigenvalue weighted by atomic mass is 13.9. The molecular weight excluding hydrogens is 144 g/mol. The number of rotatable bonds is 4. The quantitative estimate of drug-likeness (QED) is 0.433. The Labute approximate surface area is 76.7 Å². The molecule has 0 spiro atoms. The van der Waals surface area contributed by atoms with E-state index in [0.29, 0.717) is 0 Å². The molecule has 0 aromatic carbocycles. The average Bonchev–Trinajstić information content (AvgIpc) is 2.00. The summed E-state index contributed by atoms with van der Waals surface area (Å²) in [7, 11) is 0. The fourth-order valence-corrected chi connectivity index (χ4v) is 0.904. The van der Waals surface area contributed by atoms with Crippen molar-refractivity contribution in [3.05, 3.63) is 42.4 Å². The Balaban J connectivity index is 3.71. The molecule has 0 rings (SSSR count). The lowest BCUT2D eigenvalue weighted by Gasteiger charge is -1.95. The summed E-state index contributed by atoms with van der Waals surface area (Å²) in [6.45, 7) is 10.0. The zero-order chi connectivity index (χ0) is 9.40. The van der Waals surface area contributed by atoms with Crippen LogP contribution in [0, 0.1) is 6.92 Å². The Kier molecular flexibility index (Phi) is 6.45. The predicted octanol–water partition coefficient (Wildman–Crippen LogP) is 4.07. The lowest BCUT2D eigenvalue weighted by atomic mass is 10.1. The van der Waals surface area contributed by atoms with Crippen LogP contribution in [0.25, 0.3) is 0 Å². The first-order chi connectivity index (χ1) is 5.66. The summed E-state index contributed by atoms with van der Waals surface area (Å²) in [5.41, 5.74) is 2.81. The van der Waals surface area contributed by atoms with Gasteiger partial charge in [-0.05, 0) is 40.5 Å². The molecule has 0 unspecified atom stereocenters. The summed E-state index contributed by atoms with van der Waals surface area (Å²) >= 11 is 0. The van der Waals surface area contributed by atoms with Crippen LogP contribution in [-0.2, 0) is 0 Å². The molecule has 0 nitrogen and oxygen atoms in total. The van der Waals surface area contributed by atoms with Gasteiger partial charge in [-0.3, -0.25) is 0 Å². The molecule has 0 heteroatoms. The predicted molar refractivity (Wildman–Crippen MR) is 56.9 cm³/mol. The average molecular weight is 163 g/mol. The molecule has 0 heterocycles. The van der Waals surface area contributed by atoms with E-state index in [9.17, 15) is 0 Å². The molecule has 0 aromatic heterocycles. The van der Waals surface area contributed by atoms with Gasteiger partial charge in [-0.15, -0.1) is 0 Å². The maximum Gasteiger partial charge on any atom is -0.0285 e. The van der Waals surface area contributed by atoms with Crippen LogP contribution in [0.15, 0.2) is 35.5 Å². The van der Waals surface area contributed by atoms with Crippen LogP contribution in [0.2, 0.25) is 0 Å². The molecule has 0 saturated carbocycles. The highest BCUT2D eigenvalue weighted by molar-refractivity contribution is 5.11. The second kappa shape index (κ2) is 6.90. The van der Waals surface area contributed by atoms with Crippen molar-refractivity contribution in [3.8, 4) is 0 Å². The topological polar surface area (TPSA) is 0 Å². The highest BCUT2D eigenvalue weighted by Gasteiger charge is 1.85. The summed E-state index contributed by atoms with van der Waals surface area (Å²) in [4.78, 5) is 0. The standard InChI is InChI=1S/C12H19/c1-5-6-9-12(4)10-7-8-11(2)3/h5-6,8-9H,1,7,10H2,2-4H3/b6-5+,12-9+. The summed E-state index contributed by atoms with van der Waals surface area (Å²) < 4.78 is 0. The molecule has 0 saturated heterocycles. The van der Waals surface area contributed by atoms with Gasteiger partial charge in [0.05, 0.1) is 0 Å². The molecule has 67 valence electrons. The van der Waals surface area contributed by atoms with E-state index in [-0.39, 0.29) is 0 Å². The van der Waals surface area contributed by atoms with Crippen LogP contribution in [0.5, 0.6) is 0 Å². The Hall–Kier alpha value is -0.780. The summed E-state index contributed by atoms with van der Waals surface area (Å²) in [5.74, 6) is 0. The molecule has 12 heavy (non-hydrogen) atoms. The molecule has 0 N–H and O–H groups in total. The molecule has 0 atom stereocenters. The van der Waals surface area contributed by atoms with E-state index >= 15 is 0 Å². The van der Waals surface area contributed by atoms with Crippen molar-refractivity contribution in [2.24, 2.45) is 0 Å². The van der Waals surface area contributed by atoms with E-state index in [4.69, 9.17) is 0 Å². The zero-order valence-electron chi connectivity index (χ0n) is 8.43. The van der Waals surface area contributed by atoms with Gasteiger partial charge >= 0.3 is 0 Å². The van der Waals surface area contributed by atoms with Gasteiger partial charge in [0.15, 0.2) is 0 Å². The Bertz CT molecular complexity index is 188. The lowest BCUT2D eigenvalue weighted by Crippen LogP contribution is -1.75. The Morgan fingerprint density at radius 2 is 1.92 bits per heavy atom. The second-order valence-corrected chi connectivity index (χ2v) is 3.26. The summed E-state index contributed by atoms with van der Waals surface area (Å²) in [5, 5.41) is 0. The van der Waals surface area contributed by atoms with Crippen molar-refractivity contribution in [1.82, 2.24) is 0 Å². The first kappa shape index (κ1) is 11.2. The molecule has 0 amide bonds. The summed E-state index contributed by atoms with van der Waals surface area (Å²) in [6, 6.07) is 0. The van der Waals surface area contributed by atoms with E-state index in [1.54, 1.807) is 0 Å². The number of hydrogen-bond acceptors (Lipinski definition) is 0. The second-order valence-electron chi connectivity index (χ2n) is 3.26. The first-order valence-electron chi connectivity index (χ1n) is 4.41. The third-order valence-electron chi connectivity index (χ3n) is 1.61. The number of hydrogen-bond donors (Lipinski definition) is 0. The zero-order valence-corrected chi connectivity index (χ0v) is 8.43. The molecule has 0 bridgehead atoms. The lowest BCUT2D eigenvalue weighted by molar-refractivity contribution is 0.967. The van der Waals surface area contributed by atoms with Gasteiger partial charge in [0.1, 0.15) is 0 Å². The van der Waals surface area contributed by atoms with Crippen molar-refractivity contribution in [2.45, 2.75) is 33.6 Å². The molecule has 0 aliphatic heterocycles. The van der Waals surface area contributed by atoms with E-state index in [0.717, 1.165) is 12.8 Å².